The van der Waals surface area contributed by atoms with Crippen LogP contribution in [0.3, 0.4) is 0 Å². The maximum atomic E-state index is 6.34. The first-order valence-corrected chi connectivity index (χ1v) is 7.87. The summed E-state index contributed by atoms with van der Waals surface area (Å²) in [6.45, 7) is 3.77. The van der Waals surface area contributed by atoms with Crippen LogP contribution in [-0.2, 0) is 6.42 Å². The van der Waals surface area contributed by atoms with Crippen molar-refractivity contribution in [2.45, 2.75) is 20.3 Å². The van der Waals surface area contributed by atoms with Gasteiger partial charge in [0.2, 0.25) is 0 Å². The molecule has 0 atom stereocenters. The van der Waals surface area contributed by atoms with E-state index >= 15 is 0 Å². The Morgan fingerprint density at radius 1 is 1.21 bits per heavy atom. The number of nitrogens with two attached hydrogens (primary N) is 2. The number of nitrogens with zero attached hydrogens (tertiary/aromatic N) is 4. The van der Waals surface area contributed by atoms with Gasteiger partial charge >= 0.3 is 0 Å². The average molecular weight is 341 g/mol. The third-order valence-corrected chi connectivity index (χ3v) is 3.97. The van der Waals surface area contributed by atoms with Crippen molar-refractivity contribution in [3.05, 3.63) is 64.0 Å². The standard InChI is InChI=1S/C17H17ClN6/c1-3-10-6-12-14(8-22-10)23-17(20)15(9(2)19)24-16(12)11-4-5-21-7-13(11)18/h4-8H,3,19H2,1-2H3,(H2,20,23)/b15-9+. The molecular formula is C17H17ClN6. The largest absolute Gasteiger partial charge is 0.400 e. The van der Waals surface area contributed by atoms with Gasteiger partial charge in [0.05, 0.1) is 22.6 Å². The summed E-state index contributed by atoms with van der Waals surface area (Å²) in [5, 5.41) is 0.492. The summed E-state index contributed by atoms with van der Waals surface area (Å²) in [6, 6.07) is 3.76. The van der Waals surface area contributed by atoms with Crippen molar-refractivity contribution >= 4 is 28.8 Å². The summed E-state index contributed by atoms with van der Waals surface area (Å²) < 4.78 is 0. The van der Waals surface area contributed by atoms with E-state index in [0.29, 0.717) is 27.8 Å². The molecule has 0 aliphatic carbocycles. The lowest BCUT2D eigenvalue weighted by Crippen LogP contribution is -2.17. The molecule has 0 unspecified atom stereocenters. The molecule has 7 heteroatoms. The molecule has 3 rings (SSSR count). The van der Waals surface area contributed by atoms with Gasteiger partial charge in [-0.25, -0.2) is 9.98 Å². The highest BCUT2D eigenvalue weighted by Gasteiger charge is 2.21. The van der Waals surface area contributed by atoms with Crippen LogP contribution in [0.5, 0.6) is 0 Å². The summed E-state index contributed by atoms with van der Waals surface area (Å²) in [6.07, 6.45) is 5.73. The molecule has 1 aliphatic heterocycles. The van der Waals surface area contributed by atoms with Crippen LogP contribution in [0.15, 0.2) is 52.1 Å². The number of halogens is 1. The van der Waals surface area contributed by atoms with Gasteiger partial charge in [0.25, 0.3) is 0 Å². The van der Waals surface area contributed by atoms with Crippen molar-refractivity contribution in [1.29, 1.82) is 0 Å². The summed E-state index contributed by atoms with van der Waals surface area (Å²) in [7, 11) is 0. The molecule has 0 saturated heterocycles. The van der Waals surface area contributed by atoms with Gasteiger partial charge in [-0.1, -0.05) is 18.5 Å². The summed E-state index contributed by atoms with van der Waals surface area (Å²) in [4.78, 5) is 17.6. The van der Waals surface area contributed by atoms with E-state index in [1.54, 1.807) is 25.5 Å². The second kappa shape index (κ2) is 6.41. The zero-order valence-corrected chi connectivity index (χ0v) is 14.2. The number of aliphatic imine (C=N–C) groups is 2. The number of fused-ring (bicyclic) bond motifs is 1. The molecule has 0 amide bonds. The number of hydrogen-bond donors (Lipinski definition) is 2. The van der Waals surface area contributed by atoms with Crippen LogP contribution in [-0.4, -0.2) is 21.5 Å². The first-order chi connectivity index (χ1) is 11.5. The lowest BCUT2D eigenvalue weighted by Gasteiger charge is -2.11. The van der Waals surface area contributed by atoms with E-state index in [-0.39, 0.29) is 5.84 Å². The van der Waals surface area contributed by atoms with Crippen molar-refractivity contribution < 1.29 is 0 Å². The van der Waals surface area contributed by atoms with Crippen molar-refractivity contribution in [2.24, 2.45) is 21.5 Å². The Morgan fingerprint density at radius 2 is 2.00 bits per heavy atom. The fraction of sp³-hybridized carbons (Fsp3) is 0.176. The number of aromatic nitrogens is 2. The topological polar surface area (TPSA) is 103 Å². The van der Waals surface area contributed by atoms with Gasteiger partial charge in [-0.3, -0.25) is 9.97 Å². The highest BCUT2D eigenvalue weighted by molar-refractivity contribution is 6.36. The lowest BCUT2D eigenvalue weighted by atomic mass is 10.0. The van der Waals surface area contributed by atoms with Crippen molar-refractivity contribution in [2.75, 3.05) is 0 Å². The maximum absolute atomic E-state index is 6.34. The van der Waals surface area contributed by atoms with Crippen LogP contribution in [0.1, 0.15) is 30.7 Å². The minimum Gasteiger partial charge on any atom is -0.400 e. The molecule has 0 spiro atoms. The number of hydrogen-bond acceptors (Lipinski definition) is 6. The number of amidine groups is 1. The van der Waals surface area contributed by atoms with E-state index in [0.717, 1.165) is 23.2 Å². The zero-order valence-electron chi connectivity index (χ0n) is 13.4. The van der Waals surface area contributed by atoms with E-state index < -0.39 is 0 Å². The first kappa shape index (κ1) is 16.1. The van der Waals surface area contributed by atoms with E-state index in [2.05, 4.69) is 20.0 Å². The van der Waals surface area contributed by atoms with Gasteiger partial charge in [0.1, 0.15) is 5.70 Å². The fourth-order valence-electron chi connectivity index (χ4n) is 2.44. The van der Waals surface area contributed by atoms with Crippen LogP contribution >= 0.6 is 11.6 Å². The molecule has 3 heterocycles. The molecule has 2 aromatic rings. The van der Waals surface area contributed by atoms with E-state index in [4.69, 9.17) is 23.1 Å². The minimum atomic E-state index is 0.252. The van der Waals surface area contributed by atoms with Gasteiger partial charge in [0, 0.05) is 34.9 Å². The van der Waals surface area contributed by atoms with Crippen molar-refractivity contribution in [3.8, 4) is 0 Å². The van der Waals surface area contributed by atoms with Crippen LogP contribution in [0, 0.1) is 0 Å². The molecule has 6 nitrogen and oxygen atoms in total. The third kappa shape index (κ3) is 2.88. The predicted octanol–water partition coefficient (Wildman–Crippen LogP) is 2.72. The zero-order chi connectivity index (χ0) is 17.3. The number of rotatable bonds is 2. The monoisotopic (exact) mass is 340 g/mol. The molecule has 1 aliphatic rings. The molecule has 2 aromatic heterocycles. The Bertz CT molecular complexity index is 894. The minimum absolute atomic E-state index is 0.252. The number of pyridine rings is 2. The molecular weight excluding hydrogens is 324 g/mol. The van der Waals surface area contributed by atoms with Crippen LogP contribution in [0.2, 0.25) is 5.02 Å². The normalized spacial score (nSPS) is 16.0. The Hall–Kier alpha value is -2.73. The Morgan fingerprint density at radius 3 is 2.67 bits per heavy atom. The fourth-order valence-corrected chi connectivity index (χ4v) is 2.65. The van der Waals surface area contributed by atoms with Crippen molar-refractivity contribution in [1.82, 2.24) is 9.97 Å². The summed E-state index contributed by atoms with van der Waals surface area (Å²) in [5.74, 6) is 0.252. The number of aryl methyl sites for hydroxylation is 1. The third-order valence-electron chi connectivity index (χ3n) is 3.67. The molecule has 0 fully saturated rings. The summed E-state index contributed by atoms with van der Waals surface area (Å²) >= 11 is 6.34. The average Bonchev–Trinajstić information content (AvgIpc) is 2.71. The second-order valence-electron chi connectivity index (χ2n) is 5.39. The van der Waals surface area contributed by atoms with Crippen LogP contribution in [0.25, 0.3) is 0 Å². The second-order valence-corrected chi connectivity index (χ2v) is 5.80. The molecule has 4 N–H and O–H groups in total. The lowest BCUT2D eigenvalue weighted by molar-refractivity contribution is 1.03. The Labute approximate surface area is 145 Å². The molecule has 122 valence electrons. The van der Waals surface area contributed by atoms with Gasteiger partial charge < -0.3 is 11.5 Å². The van der Waals surface area contributed by atoms with Gasteiger partial charge in [-0.15, -0.1) is 0 Å². The summed E-state index contributed by atoms with van der Waals surface area (Å²) in [5.41, 5.74) is 16.7. The highest BCUT2D eigenvalue weighted by Crippen LogP contribution is 2.30. The molecule has 0 saturated carbocycles. The molecule has 24 heavy (non-hydrogen) atoms. The molecule has 0 aromatic carbocycles. The quantitative estimate of drug-likeness (QED) is 0.877. The van der Waals surface area contributed by atoms with Gasteiger partial charge in [-0.2, -0.15) is 0 Å². The first-order valence-electron chi connectivity index (χ1n) is 7.50. The van der Waals surface area contributed by atoms with Crippen LogP contribution in [0.4, 0.5) is 5.69 Å². The van der Waals surface area contributed by atoms with Gasteiger partial charge in [-0.05, 0) is 25.5 Å². The van der Waals surface area contributed by atoms with E-state index in [9.17, 15) is 0 Å². The van der Waals surface area contributed by atoms with E-state index in [1.165, 1.54) is 0 Å². The van der Waals surface area contributed by atoms with Crippen molar-refractivity contribution in [3.63, 3.8) is 0 Å². The smallest absolute Gasteiger partial charge is 0.151 e. The molecule has 0 radical (unpaired) electrons. The van der Waals surface area contributed by atoms with Crippen LogP contribution < -0.4 is 11.5 Å². The Kier molecular flexibility index (Phi) is 4.31. The Balaban J connectivity index is 2.36. The molecule has 0 bridgehead atoms. The SMILES string of the molecule is CCc1cc2c(cn1)N=C(N)/C(=C(/C)N)N=C2c1ccncc1Cl. The predicted molar refractivity (Wildman–Crippen MR) is 96.7 cm³/mol. The number of allylic oxidation sites excluding steroid dienone is 1. The maximum Gasteiger partial charge on any atom is 0.151 e. The van der Waals surface area contributed by atoms with Gasteiger partial charge in [0.15, 0.2) is 5.84 Å². The van der Waals surface area contributed by atoms with E-state index in [1.807, 2.05) is 19.1 Å². The highest BCUT2D eigenvalue weighted by atomic mass is 35.5.